The average Bonchev–Trinajstić information content (AvgIpc) is 3.69. The lowest BCUT2D eigenvalue weighted by atomic mass is 9.59. The molecule has 5 unspecified atom stereocenters. The Kier molecular flexibility index (Phi) is 5.89. The van der Waals surface area contributed by atoms with E-state index in [-0.39, 0.29) is 53.1 Å². The van der Waals surface area contributed by atoms with E-state index in [0.717, 1.165) is 44.8 Å². The minimum absolute atomic E-state index is 0.112. The Morgan fingerprint density at radius 3 is 2.75 bits per heavy atom. The summed E-state index contributed by atoms with van der Waals surface area (Å²) < 4.78 is 33.5. The Morgan fingerprint density at radius 2 is 2.00 bits per heavy atom. The van der Waals surface area contributed by atoms with Gasteiger partial charge in [-0.15, -0.1) is 0 Å². The molecule has 36 heavy (non-hydrogen) atoms. The van der Waals surface area contributed by atoms with E-state index in [1.54, 1.807) is 18.3 Å². The van der Waals surface area contributed by atoms with Gasteiger partial charge in [-0.05, 0) is 68.6 Å². The fraction of sp³-hybridized carbons (Fsp3) is 0.483. The van der Waals surface area contributed by atoms with Gasteiger partial charge in [0.1, 0.15) is 6.10 Å². The standard InChI is InChI=1S/C29H30F2N2O3/c1-16-26-23(10-9-20-8-7-18(14-32-20)22-3-2-4-25(30)27(22)31)21-11-12-33(28(34)17-5-6-17)15-19(21)13-24(26)29(35)36-16/h2-4,7-10,14,16-17,19,21,23-24,26H,5-6,11-13,15H2,1H3/b10-9+/t16-,19?,21?,23?,24?,26?/m1/s1. The highest BCUT2D eigenvalue weighted by Crippen LogP contribution is 2.52. The lowest BCUT2D eigenvalue weighted by molar-refractivity contribution is -0.144. The number of likely N-dealkylation sites (tertiary alicyclic amines) is 1. The van der Waals surface area contributed by atoms with Crippen molar-refractivity contribution < 1.29 is 23.1 Å². The second kappa shape index (κ2) is 9.09. The first kappa shape index (κ1) is 23.3. The highest BCUT2D eigenvalue weighted by Gasteiger charge is 2.55. The van der Waals surface area contributed by atoms with Gasteiger partial charge in [-0.3, -0.25) is 14.6 Å². The van der Waals surface area contributed by atoms with Gasteiger partial charge in [0.05, 0.1) is 11.6 Å². The maximum absolute atomic E-state index is 14.2. The number of cyclic esters (lactones) is 1. The first-order valence-corrected chi connectivity index (χ1v) is 13.0. The van der Waals surface area contributed by atoms with Gasteiger partial charge in [0, 0.05) is 42.2 Å². The number of carbonyl (C=O) groups excluding carboxylic acids is 2. The molecule has 6 rings (SSSR count). The minimum atomic E-state index is -0.884. The lowest BCUT2D eigenvalue weighted by Gasteiger charge is -2.48. The Morgan fingerprint density at radius 1 is 1.17 bits per heavy atom. The zero-order chi connectivity index (χ0) is 25.0. The van der Waals surface area contributed by atoms with Crippen LogP contribution < -0.4 is 0 Å². The molecule has 2 saturated carbocycles. The van der Waals surface area contributed by atoms with Crippen LogP contribution >= 0.6 is 0 Å². The third kappa shape index (κ3) is 4.12. The van der Waals surface area contributed by atoms with Gasteiger partial charge in [0.2, 0.25) is 5.91 Å². The van der Waals surface area contributed by atoms with Crippen molar-refractivity contribution in [2.75, 3.05) is 13.1 Å². The van der Waals surface area contributed by atoms with Crippen LogP contribution in [0.1, 0.15) is 38.3 Å². The molecule has 7 heteroatoms. The number of hydrogen-bond acceptors (Lipinski definition) is 4. The first-order valence-electron chi connectivity index (χ1n) is 13.0. The molecule has 0 bridgehead atoms. The molecule has 0 N–H and O–H groups in total. The number of esters is 1. The number of piperidine rings is 1. The predicted octanol–water partition coefficient (Wildman–Crippen LogP) is 5.11. The quantitative estimate of drug-likeness (QED) is 0.557. The highest BCUT2D eigenvalue weighted by atomic mass is 19.2. The van der Waals surface area contributed by atoms with Gasteiger partial charge in [-0.1, -0.05) is 24.3 Å². The van der Waals surface area contributed by atoms with E-state index in [0.29, 0.717) is 17.2 Å². The Balaban J connectivity index is 1.24. The van der Waals surface area contributed by atoms with Crippen LogP contribution in [-0.4, -0.2) is 41.0 Å². The third-order valence-corrected chi connectivity index (χ3v) is 8.68. The summed E-state index contributed by atoms with van der Waals surface area (Å²) in [5.74, 6) is -0.614. The molecule has 4 aliphatic rings. The maximum atomic E-state index is 14.2. The summed E-state index contributed by atoms with van der Waals surface area (Å²) in [5, 5.41) is 0. The van der Waals surface area contributed by atoms with E-state index < -0.39 is 11.6 Å². The molecule has 6 atom stereocenters. The van der Waals surface area contributed by atoms with Crippen molar-refractivity contribution >= 4 is 18.0 Å². The highest BCUT2D eigenvalue weighted by molar-refractivity contribution is 5.81. The zero-order valence-corrected chi connectivity index (χ0v) is 20.3. The largest absolute Gasteiger partial charge is 0.462 e. The molecule has 1 amide bonds. The molecule has 1 aromatic heterocycles. The Bertz CT molecular complexity index is 1210. The molecule has 3 heterocycles. The number of hydrogen-bond donors (Lipinski definition) is 0. The van der Waals surface area contributed by atoms with Crippen LogP contribution in [0.15, 0.2) is 42.6 Å². The van der Waals surface area contributed by atoms with Crippen molar-refractivity contribution in [1.82, 2.24) is 9.88 Å². The number of nitrogens with zero attached hydrogens (tertiary/aromatic N) is 2. The second-order valence-corrected chi connectivity index (χ2v) is 10.8. The Hall–Kier alpha value is -3.09. The van der Waals surface area contributed by atoms with Gasteiger partial charge in [0.15, 0.2) is 11.6 Å². The molecule has 0 radical (unpaired) electrons. The molecular weight excluding hydrogens is 462 g/mol. The van der Waals surface area contributed by atoms with Crippen LogP contribution in [0.4, 0.5) is 8.78 Å². The van der Waals surface area contributed by atoms with E-state index in [1.165, 1.54) is 12.1 Å². The van der Waals surface area contributed by atoms with Gasteiger partial charge in [-0.25, -0.2) is 8.78 Å². The number of pyridine rings is 1. The number of aromatic nitrogens is 1. The van der Waals surface area contributed by atoms with Gasteiger partial charge < -0.3 is 9.64 Å². The molecule has 1 aromatic carbocycles. The maximum Gasteiger partial charge on any atom is 0.309 e. The van der Waals surface area contributed by atoms with E-state index >= 15 is 0 Å². The predicted molar refractivity (Wildman–Crippen MR) is 130 cm³/mol. The van der Waals surface area contributed by atoms with E-state index in [1.807, 2.05) is 17.9 Å². The number of benzene rings is 1. The van der Waals surface area contributed by atoms with Gasteiger partial charge in [0.25, 0.3) is 0 Å². The summed E-state index contributed by atoms with van der Waals surface area (Å²) in [4.78, 5) is 31.9. The smallest absolute Gasteiger partial charge is 0.309 e. The number of fused-ring (bicyclic) bond motifs is 2. The number of halogens is 2. The van der Waals surface area contributed by atoms with Crippen molar-refractivity contribution in [3.8, 4) is 11.1 Å². The molecule has 4 fully saturated rings. The van der Waals surface area contributed by atoms with Gasteiger partial charge in [-0.2, -0.15) is 0 Å². The minimum Gasteiger partial charge on any atom is -0.462 e. The number of carbonyl (C=O) groups is 2. The SMILES string of the molecule is C[C@H]1OC(=O)C2CC3CN(C(=O)C4CC4)CCC3C(/C=C/c3ccc(-c4cccc(F)c4F)cn3)C21. The first-order chi connectivity index (χ1) is 17.4. The monoisotopic (exact) mass is 492 g/mol. The van der Waals surface area contributed by atoms with Gasteiger partial charge >= 0.3 is 5.97 Å². The summed E-state index contributed by atoms with van der Waals surface area (Å²) in [6.45, 7) is 3.48. The molecule has 2 aliphatic heterocycles. The third-order valence-electron chi connectivity index (χ3n) is 8.68. The molecule has 2 saturated heterocycles. The van der Waals surface area contributed by atoms with Crippen LogP contribution in [-0.2, 0) is 14.3 Å². The number of allylic oxidation sites excluding steroid dienone is 1. The molecule has 188 valence electrons. The van der Waals surface area contributed by atoms with Crippen LogP contribution in [0.3, 0.4) is 0 Å². The van der Waals surface area contributed by atoms with Crippen molar-refractivity contribution in [1.29, 1.82) is 0 Å². The number of rotatable bonds is 4. The summed E-state index contributed by atoms with van der Waals surface area (Å²) in [6.07, 6.45) is 9.24. The molecule has 0 spiro atoms. The second-order valence-electron chi connectivity index (χ2n) is 10.8. The van der Waals surface area contributed by atoms with E-state index in [9.17, 15) is 18.4 Å². The summed E-state index contributed by atoms with van der Waals surface area (Å²) in [6, 6.07) is 7.65. The van der Waals surface area contributed by atoms with E-state index in [2.05, 4.69) is 11.1 Å². The van der Waals surface area contributed by atoms with E-state index in [4.69, 9.17) is 4.74 Å². The molecule has 2 aliphatic carbocycles. The van der Waals surface area contributed by atoms with Crippen LogP contribution in [0.2, 0.25) is 0 Å². The molecular formula is C29H30F2N2O3. The summed E-state index contributed by atoms with van der Waals surface area (Å²) in [7, 11) is 0. The fourth-order valence-corrected chi connectivity index (χ4v) is 6.75. The lowest BCUT2D eigenvalue weighted by Crippen LogP contribution is -2.51. The van der Waals surface area contributed by atoms with Crippen molar-refractivity contribution in [3.05, 3.63) is 59.9 Å². The van der Waals surface area contributed by atoms with Crippen LogP contribution in [0.25, 0.3) is 17.2 Å². The fourth-order valence-electron chi connectivity index (χ4n) is 6.75. The van der Waals surface area contributed by atoms with Crippen molar-refractivity contribution in [3.63, 3.8) is 0 Å². The normalized spacial score (nSPS) is 31.8. The summed E-state index contributed by atoms with van der Waals surface area (Å²) >= 11 is 0. The molecule has 2 aromatic rings. The number of ether oxygens (including phenoxy) is 1. The van der Waals surface area contributed by atoms with Crippen LogP contribution in [0, 0.1) is 47.1 Å². The topological polar surface area (TPSA) is 59.5 Å². The van der Waals surface area contributed by atoms with Crippen molar-refractivity contribution in [2.45, 2.75) is 38.7 Å². The summed E-state index contributed by atoms with van der Waals surface area (Å²) in [5.41, 5.74) is 1.41. The number of amides is 1. The van der Waals surface area contributed by atoms with Crippen molar-refractivity contribution in [2.24, 2.45) is 35.5 Å². The zero-order valence-electron chi connectivity index (χ0n) is 20.3. The Labute approximate surface area is 209 Å². The van der Waals surface area contributed by atoms with Crippen LogP contribution in [0.5, 0.6) is 0 Å². The molecule has 5 nitrogen and oxygen atoms in total. The average molecular weight is 493 g/mol.